The molecule has 26 heavy (non-hydrogen) atoms. The van der Waals surface area contributed by atoms with Crippen LogP contribution < -0.4 is 15.7 Å². The number of ether oxygens (including phenoxy) is 1. The smallest absolute Gasteiger partial charge is 0.336 e. The van der Waals surface area contributed by atoms with Gasteiger partial charge in [0.2, 0.25) is 0 Å². The van der Waals surface area contributed by atoms with E-state index in [-0.39, 0.29) is 11.7 Å². The van der Waals surface area contributed by atoms with Crippen molar-refractivity contribution in [3.05, 3.63) is 76.4 Å². The molecule has 0 unspecified atom stereocenters. The standard InChI is InChI=1S/C20H18FNO4/c1-13(20(24)22-11-10-14-2-6-16(21)7-3-14)25-17-8-4-15-5-9-19(23)26-18(15)12-17/h2-9,12-13H,10-11H2,1H3,(H,22,24)/t13-/m0/s1. The molecule has 1 atom stereocenters. The van der Waals surface area contributed by atoms with Gasteiger partial charge < -0.3 is 14.5 Å². The molecule has 134 valence electrons. The van der Waals surface area contributed by atoms with Crippen molar-refractivity contribution < 1.29 is 18.3 Å². The Morgan fingerprint density at radius 3 is 2.65 bits per heavy atom. The van der Waals surface area contributed by atoms with E-state index in [1.165, 1.54) is 18.2 Å². The van der Waals surface area contributed by atoms with Crippen LogP contribution in [-0.4, -0.2) is 18.6 Å². The summed E-state index contributed by atoms with van der Waals surface area (Å²) in [5.41, 5.74) is 0.894. The van der Waals surface area contributed by atoms with Crippen LogP contribution in [0.2, 0.25) is 0 Å². The van der Waals surface area contributed by atoms with E-state index in [1.54, 1.807) is 43.3 Å². The van der Waals surface area contributed by atoms with E-state index < -0.39 is 11.7 Å². The molecule has 0 aliphatic heterocycles. The lowest BCUT2D eigenvalue weighted by Crippen LogP contribution is -2.37. The molecule has 3 rings (SSSR count). The van der Waals surface area contributed by atoms with Crippen LogP contribution in [0.25, 0.3) is 11.0 Å². The first kappa shape index (κ1) is 17.7. The maximum Gasteiger partial charge on any atom is 0.336 e. The van der Waals surface area contributed by atoms with E-state index in [4.69, 9.17) is 9.15 Å². The van der Waals surface area contributed by atoms with Gasteiger partial charge in [-0.25, -0.2) is 9.18 Å². The third-order valence-corrected chi connectivity index (χ3v) is 3.90. The average molecular weight is 355 g/mol. The van der Waals surface area contributed by atoms with E-state index in [0.717, 1.165) is 10.9 Å². The number of fused-ring (bicyclic) bond motifs is 1. The molecule has 5 nitrogen and oxygen atoms in total. The molecule has 0 spiro atoms. The zero-order chi connectivity index (χ0) is 18.5. The first-order valence-electron chi connectivity index (χ1n) is 8.24. The minimum Gasteiger partial charge on any atom is -0.481 e. The second-order valence-electron chi connectivity index (χ2n) is 5.88. The predicted molar refractivity (Wildman–Crippen MR) is 95.7 cm³/mol. The molecule has 1 amide bonds. The summed E-state index contributed by atoms with van der Waals surface area (Å²) in [5, 5.41) is 3.55. The fraction of sp³-hybridized carbons (Fsp3) is 0.200. The quantitative estimate of drug-likeness (QED) is 0.690. The van der Waals surface area contributed by atoms with Gasteiger partial charge >= 0.3 is 5.63 Å². The Hall–Kier alpha value is -3.15. The van der Waals surface area contributed by atoms with Crippen molar-refractivity contribution in [1.29, 1.82) is 0 Å². The van der Waals surface area contributed by atoms with Gasteiger partial charge in [0.1, 0.15) is 17.1 Å². The SMILES string of the molecule is C[C@H](Oc1ccc2ccc(=O)oc2c1)C(=O)NCCc1ccc(F)cc1. The second-order valence-corrected chi connectivity index (χ2v) is 5.88. The number of amides is 1. The van der Waals surface area contributed by atoms with Crippen molar-refractivity contribution in [3.63, 3.8) is 0 Å². The van der Waals surface area contributed by atoms with Crippen molar-refractivity contribution >= 4 is 16.9 Å². The molecule has 0 radical (unpaired) electrons. The highest BCUT2D eigenvalue weighted by Crippen LogP contribution is 2.20. The highest BCUT2D eigenvalue weighted by Gasteiger charge is 2.14. The molecule has 0 fully saturated rings. The molecular formula is C20H18FNO4. The molecule has 0 aliphatic rings. The van der Waals surface area contributed by atoms with E-state index in [9.17, 15) is 14.0 Å². The topological polar surface area (TPSA) is 68.5 Å². The second kappa shape index (κ2) is 7.82. The summed E-state index contributed by atoms with van der Waals surface area (Å²) in [6.45, 7) is 2.06. The van der Waals surface area contributed by atoms with Crippen LogP contribution in [0.15, 0.2) is 63.8 Å². The molecule has 1 heterocycles. The lowest BCUT2D eigenvalue weighted by atomic mass is 10.1. The van der Waals surface area contributed by atoms with E-state index in [2.05, 4.69) is 5.32 Å². The zero-order valence-electron chi connectivity index (χ0n) is 14.2. The summed E-state index contributed by atoms with van der Waals surface area (Å²) in [5.74, 6) is -0.110. The number of carbonyl (C=O) groups is 1. The molecule has 0 bridgehead atoms. The maximum atomic E-state index is 12.9. The van der Waals surface area contributed by atoms with Crippen LogP contribution in [0, 0.1) is 5.82 Å². The number of halogens is 1. The normalized spacial score (nSPS) is 11.9. The monoisotopic (exact) mass is 355 g/mol. The van der Waals surface area contributed by atoms with Crippen molar-refractivity contribution in [3.8, 4) is 5.75 Å². The molecule has 0 aliphatic carbocycles. The van der Waals surface area contributed by atoms with Crippen LogP contribution in [0.5, 0.6) is 5.75 Å². The van der Waals surface area contributed by atoms with E-state index >= 15 is 0 Å². The Kier molecular flexibility index (Phi) is 5.31. The van der Waals surface area contributed by atoms with Crippen LogP contribution in [-0.2, 0) is 11.2 Å². The van der Waals surface area contributed by atoms with E-state index in [0.29, 0.717) is 24.3 Å². The van der Waals surface area contributed by atoms with Crippen molar-refractivity contribution in [2.24, 2.45) is 0 Å². The maximum absolute atomic E-state index is 12.9. The molecular weight excluding hydrogens is 337 g/mol. The Morgan fingerprint density at radius 1 is 1.15 bits per heavy atom. The number of hydrogen-bond acceptors (Lipinski definition) is 4. The van der Waals surface area contributed by atoms with Crippen LogP contribution >= 0.6 is 0 Å². The summed E-state index contributed by atoms with van der Waals surface area (Å²) in [6.07, 6.45) is -0.115. The first-order chi connectivity index (χ1) is 12.5. The van der Waals surface area contributed by atoms with Gasteiger partial charge in [-0.2, -0.15) is 0 Å². The number of nitrogens with one attached hydrogen (secondary N) is 1. The highest BCUT2D eigenvalue weighted by molar-refractivity contribution is 5.81. The third kappa shape index (κ3) is 4.47. The van der Waals surface area contributed by atoms with E-state index in [1.807, 2.05) is 0 Å². The lowest BCUT2D eigenvalue weighted by Gasteiger charge is -2.15. The summed E-state index contributed by atoms with van der Waals surface area (Å²) in [6, 6.07) is 14.2. The first-order valence-corrected chi connectivity index (χ1v) is 8.24. The van der Waals surface area contributed by atoms with Gasteiger partial charge in [-0.3, -0.25) is 4.79 Å². The fourth-order valence-corrected chi connectivity index (χ4v) is 2.50. The fourth-order valence-electron chi connectivity index (χ4n) is 2.50. The van der Waals surface area contributed by atoms with Crippen LogP contribution in [0.1, 0.15) is 12.5 Å². The Morgan fingerprint density at radius 2 is 1.88 bits per heavy atom. The number of rotatable bonds is 6. The minimum absolute atomic E-state index is 0.262. The van der Waals surface area contributed by atoms with Gasteiger partial charge in [0.15, 0.2) is 6.10 Å². The van der Waals surface area contributed by atoms with Gasteiger partial charge in [-0.15, -0.1) is 0 Å². The van der Waals surface area contributed by atoms with Crippen molar-refractivity contribution in [2.75, 3.05) is 6.54 Å². The third-order valence-electron chi connectivity index (χ3n) is 3.90. The molecule has 6 heteroatoms. The van der Waals surface area contributed by atoms with Crippen LogP contribution in [0.3, 0.4) is 0 Å². The molecule has 2 aromatic carbocycles. The van der Waals surface area contributed by atoms with Gasteiger partial charge in [0, 0.05) is 24.1 Å². The predicted octanol–water partition coefficient (Wildman–Crippen LogP) is 3.06. The van der Waals surface area contributed by atoms with Gasteiger partial charge in [-0.1, -0.05) is 12.1 Å². The number of hydrogen-bond donors (Lipinski definition) is 1. The summed E-state index contributed by atoms with van der Waals surface area (Å²) >= 11 is 0. The van der Waals surface area contributed by atoms with Crippen LogP contribution in [0.4, 0.5) is 4.39 Å². The van der Waals surface area contributed by atoms with Gasteiger partial charge in [-0.05, 0) is 49.2 Å². The molecule has 0 saturated carbocycles. The van der Waals surface area contributed by atoms with Crippen molar-refractivity contribution in [2.45, 2.75) is 19.4 Å². The zero-order valence-corrected chi connectivity index (χ0v) is 14.2. The highest BCUT2D eigenvalue weighted by atomic mass is 19.1. The number of benzene rings is 2. The Bertz CT molecular complexity index is 965. The van der Waals surface area contributed by atoms with Crippen molar-refractivity contribution in [1.82, 2.24) is 5.32 Å². The molecule has 3 aromatic rings. The summed E-state index contributed by atoms with van der Waals surface area (Å²) in [4.78, 5) is 23.4. The Balaban J connectivity index is 1.55. The van der Waals surface area contributed by atoms with Gasteiger partial charge in [0.05, 0.1) is 0 Å². The van der Waals surface area contributed by atoms with Gasteiger partial charge in [0.25, 0.3) is 5.91 Å². The Labute approximate surface area is 149 Å². The molecule has 1 N–H and O–H groups in total. The minimum atomic E-state index is -0.712. The molecule has 1 aromatic heterocycles. The summed E-state index contributed by atoms with van der Waals surface area (Å²) < 4.78 is 23.6. The lowest BCUT2D eigenvalue weighted by molar-refractivity contribution is -0.127. The number of carbonyl (C=O) groups excluding carboxylic acids is 1. The largest absolute Gasteiger partial charge is 0.481 e. The molecule has 0 saturated heterocycles. The average Bonchev–Trinajstić information content (AvgIpc) is 2.63. The summed E-state index contributed by atoms with van der Waals surface area (Å²) in [7, 11) is 0.